The Hall–Kier alpha value is -0.0800. The quantitative estimate of drug-likeness (QED) is 0.618. The van der Waals surface area contributed by atoms with Crippen molar-refractivity contribution >= 4 is 0 Å². The van der Waals surface area contributed by atoms with Crippen LogP contribution in [0.1, 0.15) is 32.6 Å². The average Bonchev–Trinajstić information content (AvgIpc) is 2.70. The zero-order chi connectivity index (χ0) is 9.05. The maximum atomic E-state index is 9.87. The highest BCUT2D eigenvalue weighted by atomic mass is 16.6. The van der Waals surface area contributed by atoms with Crippen LogP contribution in [0.15, 0.2) is 0 Å². The fourth-order valence-corrected chi connectivity index (χ4v) is 4.00. The van der Waals surface area contributed by atoms with E-state index < -0.39 is 6.29 Å². The van der Waals surface area contributed by atoms with Crippen molar-refractivity contribution in [1.29, 1.82) is 0 Å². The maximum absolute atomic E-state index is 9.87. The maximum Gasteiger partial charge on any atom is 0.160 e. The average molecular weight is 182 g/mol. The van der Waals surface area contributed by atoms with Gasteiger partial charge in [0, 0.05) is 5.41 Å². The van der Waals surface area contributed by atoms with Crippen molar-refractivity contribution in [3.63, 3.8) is 0 Å². The van der Waals surface area contributed by atoms with E-state index in [1.165, 1.54) is 19.3 Å². The predicted molar refractivity (Wildman–Crippen MR) is 49.0 cm³/mol. The second kappa shape index (κ2) is 2.48. The number of rotatable bonds is 0. The summed E-state index contributed by atoms with van der Waals surface area (Å²) in [4.78, 5) is 0. The van der Waals surface area contributed by atoms with Crippen molar-refractivity contribution in [2.24, 2.45) is 23.2 Å². The summed E-state index contributed by atoms with van der Waals surface area (Å²) in [5.41, 5.74) is 0.178. The Bertz CT molecular complexity index is 226. The van der Waals surface area contributed by atoms with Gasteiger partial charge in [-0.25, -0.2) is 0 Å². The first kappa shape index (κ1) is 8.25. The highest BCUT2D eigenvalue weighted by Crippen LogP contribution is 2.62. The second-order valence-corrected chi connectivity index (χ2v) is 5.32. The van der Waals surface area contributed by atoms with E-state index in [9.17, 15) is 5.11 Å². The van der Waals surface area contributed by atoms with Crippen LogP contribution >= 0.6 is 0 Å². The summed E-state index contributed by atoms with van der Waals surface area (Å²) in [7, 11) is 0. The topological polar surface area (TPSA) is 29.5 Å². The van der Waals surface area contributed by atoms with Crippen LogP contribution in [-0.4, -0.2) is 18.0 Å². The van der Waals surface area contributed by atoms with Gasteiger partial charge in [-0.05, 0) is 43.4 Å². The van der Waals surface area contributed by atoms with Gasteiger partial charge < -0.3 is 9.84 Å². The molecule has 1 N–H and O–H groups in total. The highest BCUT2D eigenvalue weighted by molar-refractivity contribution is 5.05. The van der Waals surface area contributed by atoms with E-state index in [0.717, 1.165) is 30.8 Å². The molecule has 3 rings (SSSR count). The number of aliphatic hydroxyl groups is 1. The largest absolute Gasteiger partial charge is 0.367 e. The van der Waals surface area contributed by atoms with Gasteiger partial charge in [0.1, 0.15) is 0 Å². The lowest BCUT2D eigenvalue weighted by Crippen LogP contribution is -2.37. The lowest BCUT2D eigenvalue weighted by molar-refractivity contribution is -0.136. The Balaban J connectivity index is 1.88. The third-order valence-corrected chi connectivity index (χ3v) is 4.84. The summed E-state index contributed by atoms with van der Waals surface area (Å²) >= 11 is 0. The number of aliphatic hydroxyl groups excluding tert-OH is 1. The third-order valence-electron chi connectivity index (χ3n) is 4.84. The molecule has 0 aromatic rings. The van der Waals surface area contributed by atoms with Crippen molar-refractivity contribution in [2.75, 3.05) is 6.61 Å². The van der Waals surface area contributed by atoms with E-state index in [0.29, 0.717) is 0 Å². The monoisotopic (exact) mass is 182 g/mol. The first-order valence-electron chi connectivity index (χ1n) is 5.52. The van der Waals surface area contributed by atoms with Crippen LogP contribution in [0, 0.1) is 23.2 Å². The van der Waals surface area contributed by atoms with Crippen LogP contribution in [0.4, 0.5) is 0 Å². The van der Waals surface area contributed by atoms with Crippen LogP contribution in [0.5, 0.6) is 0 Å². The number of hydrogen-bond donors (Lipinski definition) is 1. The van der Waals surface area contributed by atoms with E-state index in [4.69, 9.17) is 4.74 Å². The van der Waals surface area contributed by atoms with Gasteiger partial charge in [-0.1, -0.05) is 6.92 Å². The molecule has 13 heavy (non-hydrogen) atoms. The summed E-state index contributed by atoms with van der Waals surface area (Å²) in [6, 6.07) is 0. The van der Waals surface area contributed by atoms with Gasteiger partial charge in [-0.3, -0.25) is 0 Å². The normalized spacial score (nSPS) is 59.5. The van der Waals surface area contributed by atoms with Gasteiger partial charge >= 0.3 is 0 Å². The van der Waals surface area contributed by atoms with E-state index >= 15 is 0 Å². The van der Waals surface area contributed by atoms with Crippen LogP contribution in [0.3, 0.4) is 0 Å². The molecule has 1 spiro atoms. The van der Waals surface area contributed by atoms with Gasteiger partial charge in [-0.2, -0.15) is 0 Å². The second-order valence-electron chi connectivity index (χ2n) is 5.32. The predicted octanol–water partition coefficient (Wildman–Crippen LogP) is 1.78. The van der Waals surface area contributed by atoms with E-state index in [-0.39, 0.29) is 5.41 Å². The van der Waals surface area contributed by atoms with Gasteiger partial charge in [0.25, 0.3) is 0 Å². The van der Waals surface area contributed by atoms with E-state index in [2.05, 4.69) is 6.92 Å². The Labute approximate surface area is 79.3 Å². The van der Waals surface area contributed by atoms with Crippen LogP contribution in [0.2, 0.25) is 0 Å². The SMILES string of the molecule is CC1CC2C[C@H]1CC21CCOC1O. The van der Waals surface area contributed by atoms with Crippen molar-refractivity contribution < 1.29 is 9.84 Å². The Morgan fingerprint density at radius 1 is 1.38 bits per heavy atom. The highest BCUT2D eigenvalue weighted by Gasteiger charge is 2.59. The summed E-state index contributed by atoms with van der Waals surface area (Å²) in [5.74, 6) is 2.52. The van der Waals surface area contributed by atoms with Crippen molar-refractivity contribution in [1.82, 2.24) is 0 Å². The number of fused-ring (bicyclic) bond motifs is 3. The molecule has 74 valence electrons. The summed E-state index contributed by atoms with van der Waals surface area (Å²) in [5, 5.41) is 9.87. The Morgan fingerprint density at radius 2 is 2.23 bits per heavy atom. The van der Waals surface area contributed by atoms with Crippen molar-refractivity contribution in [2.45, 2.75) is 38.9 Å². The van der Waals surface area contributed by atoms with Gasteiger partial charge in [0.05, 0.1) is 6.61 Å². The van der Waals surface area contributed by atoms with Crippen LogP contribution in [0.25, 0.3) is 0 Å². The molecule has 0 aromatic carbocycles. The molecule has 2 nitrogen and oxygen atoms in total. The molecule has 1 saturated heterocycles. The van der Waals surface area contributed by atoms with Crippen molar-refractivity contribution in [3.8, 4) is 0 Å². The molecule has 3 aliphatic rings. The zero-order valence-corrected chi connectivity index (χ0v) is 8.20. The smallest absolute Gasteiger partial charge is 0.160 e. The molecule has 2 saturated carbocycles. The molecule has 5 atom stereocenters. The lowest BCUT2D eigenvalue weighted by atomic mass is 9.69. The molecule has 1 heterocycles. The molecular formula is C11H18O2. The molecule has 0 radical (unpaired) electrons. The van der Waals surface area contributed by atoms with Gasteiger partial charge in [0.15, 0.2) is 6.29 Å². The first-order valence-corrected chi connectivity index (χ1v) is 5.52. The fourth-order valence-electron chi connectivity index (χ4n) is 4.00. The summed E-state index contributed by atoms with van der Waals surface area (Å²) in [6.07, 6.45) is 4.55. The molecule has 1 aliphatic heterocycles. The van der Waals surface area contributed by atoms with Crippen LogP contribution < -0.4 is 0 Å². The minimum atomic E-state index is -0.449. The van der Waals surface area contributed by atoms with E-state index in [1.807, 2.05) is 0 Å². The van der Waals surface area contributed by atoms with Crippen LogP contribution in [-0.2, 0) is 4.74 Å². The minimum Gasteiger partial charge on any atom is -0.367 e. The summed E-state index contributed by atoms with van der Waals surface area (Å²) in [6.45, 7) is 3.14. The molecule has 2 bridgehead atoms. The molecule has 4 unspecified atom stereocenters. The number of ether oxygens (including phenoxy) is 1. The Kier molecular flexibility index (Phi) is 1.58. The van der Waals surface area contributed by atoms with Gasteiger partial charge in [0.2, 0.25) is 0 Å². The number of hydrogen-bond acceptors (Lipinski definition) is 2. The molecule has 0 aromatic heterocycles. The zero-order valence-electron chi connectivity index (χ0n) is 8.20. The minimum absolute atomic E-state index is 0.178. The standard InChI is InChI=1S/C11H18O2/c1-7-4-9-5-8(7)6-11(9)2-3-13-10(11)12/h7-10,12H,2-6H2,1H3/t7?,8-,9?,10?,11?/m0/s1. The van der Waals surface area contributed by atoms with Crippen molar-refractivity contribution in [3.05, 3.63) is 0 Å². The first-order chi connectivity index (χ1) is 6.22. The molecule has 2 aliphatic carbocycles. The fraction of sp³-hybridized carbons (Fsp3) is 1.00. The third kappa shape index (κ3) is 0.909. The Morgan fingerprint density at radius 3 is 2.69 bits per heavy atom. The lowest BCUT2D eigenvalue weighted by Gasteiger charge is -2.37. The molecule has 3 fully saturated rings. The van der Waals surface area contributed by atoms with Gasteiger partial charge in [-0.15, -0.1) is 0 Å². The molecular weight excluding hydrogens is 164 g/mol. The molecule has 0 amide bonds. The summed E-state index contributed by atoms with van der Waals surface area (Å²) < 4.78 is 5.33. The van der Waals surface area contributed by atoms with E-state index in [1.54, 1.807) is 0 Å². The molecule has 2 heteroatoms.